The summed E-state index contributed by atoms with van der Waals surface area (Å²) in [5, 5.41) is 3.57. The molecule has 0 spiro atoms. The lowest BCUT2D eigenvalue weighted by Crippen LogP contribution is -2.29. The maximum Gasteiger partial charge on any atom is 0.263 e. The van der Waals surface area contributed by atoms with Crippen molar-refractivity contribution in [1.82, 2.24) is 10.3 Å². The topological polar surface area (TPSA) is 71.1 Å². The second-order valence-electron chi connectivity index (χ2n) is 7.60. The molecule has 3 rings (SSSR count). The number of hydrogen-bond acceptors (Lipinski definition) is 4. The number of anilines is 1. The lowest BCUT2D eigenvalue weighted by Gasteiger charge is -2.25. The molecule has 2 aromatic rings. The average molecular weight is 466 g/mol. The maximum absolute atomic E-state index is 12.7. The minimum Gasteiger partial charge on any atom is -0.310 e. The van der Waals surface area contributed by atoms with Crippen LogP contribution >= 0.6 is 15.9 Å². The predicted octanol–water partition coefficient (Wildman–Crippen LogP) is 5.09. The smallest absolute Gasteiger partial charge is 0.263 e. The number of benzene rings is 1. The van der Waals surface area contributed by atoms with Crippen LogP contribution in [0.5, 0.6) is 0 Å². The van der Waals surface area contributed by atoms with E-state index in [1.165, 1.54) is 50.8 Å². The fourth-order valence-corrected chi connectivity index (χ4v) is 5.07. The molecule has 0 aliphatic heterocycles. The second-order valence-corrected chi connectivity index (χ2v) is 10.1. The van der Waals surface area contributed by atoms with Crippen molar-refractivity contribution in [3.05, 3.63) is 52.8 Å². The number of nitrogens with one attached hydrogen (secondary N) is 2. The molecule has 1 atom stereocenters. The molecule has 1 aliphatic rings. The normalized spacial score (nSPS) is 16.6. The third-order valence-electron chi connectivity index (χ3n) is 5.32. The number of aromatic nitrogens is 1. The predicted molar refractivity (Wildman–Crippen MR) is 117 cm³/mol. The SMILES string of the molecule is CC(CC1CCCCC1)NCc1ccccc1NS(=O)(=O)c1ccc(Br)nc1. The molecule has 1 aromatic heterocycles. The molecule has 1 saturated carbocycles. The first-order valence-corrected chi connectivity index (χ1v) is 12.2. The summed E-state index contributed by atoms with van der Waals surface area (Å²) < 4.78 is 28.7. The molecule has 0 radical (unpaired) electrons. The van der Waals surface area contributed by atoms with Gasteiger partial charge in [-0.3, -0.25) is 4.72 Å². The van der Waals surface area contributed by atoms with Gasteiger partial charge < -0.3 is 5.32 Å². The van der Waals surface area contributed by atoms with Crippen molar-refractivity contribution >= 4 is 31.6 Å². The summed E-state index contributed by atoms with van der Waals surface area (Å²) in [7, 11) is -3.67. The van der Waals surface area contributed by atoms with Crippen LogP contribution in [0.2, 0.25) is 0 Å². The van der Waals surface area contributed by atoms with Crippen LogP contribution in [0, 0.1) is 5.92 Å². The van der Waals surface area contributed by atoms with Crippen LogP contribution in [-0.2, 0) is 16.6 Å². The van der Waals surface area contributed by atoms with Crippen molar-refractivity contribution in [2.75, 3.05) is 4.72 Å². The molecule has 5 nitrogen and oxygen atoms in total. The van der Waals surface area contributed by atoms with E-state index in [4.69, 9.17) is 0 Å². The van der Waals surface area contributed by atoms with E-state index < -0.39 is 10.0 Å². The van der Waals surface area contributed by atoms with Gasteiger partial charge in [0.05, 0.1) is 5.69 Å². The molecule has 2 N–H and O–H groups in total. The van der Waals surface area contributed by atoms with Gasteiger partial charge in [-0.05, 0) is 59.0 Å². The zero-order valence-electron chi connectivity index (χ0n) is 16.2. The average Bonchev–Trinajstić information content (AvgIpc) is 2.68. The van der Waals surface area contributed by atoms with Gasteiger partial charge in [0, 0.05) is 18.8 Å². The molecule has 28 heavy (non-hydrogen) atoms. The Balaban J connectivity index is 1.63. The number of para-hydroxylation sites is 1. The number of pyridine rings is 1. The first-order chi connectivity index (χ1) is 13.4. The van der Waals surface area contributed by atoms with Crippen molar-refractivity contribution in [3.63, 3.8) is 0 Å². The monoisotopic (exact) mass is 465 g/mol. The Labute approximate surface area is 176 Å². The van der Waals surface area contributed by atoms with Crippen LogP contribution in [0.1, 0.15) is 51.0 Å². The van der Waals surface area contributed by atoms with Gasteiger partial charge in [0.1, 0.15) is 9.50 Å². The van der Waals surface area contributed by atoms with Gasteiger partial charge in [0.25, 0.3) is 10.0 Å². The standard InChI is InChI=1S/C21H28BrN3O2S/c1-16(13-17-7-3-2-4-8-17)23-14-18-9-5-6-10-20(18)25-28(26,27)19-11-12-21(22)24-15-19/h5-6,9-12,15-17,23,25H,2-4,7-8,13-14H2,1H3. The van der Waals surface area contributed by atoms with Gasteiger partial charge in [0.2, 0.25) is 0 Å². The maximum atomic E-state index is 12.7. The quantitative estimate of drug-likeness (QED) is 0.532. The first kappa shape index (κ1) is 21.3. The molecule has 1 fully saturated rings. The number of sulfonamides is 1. The summed E-state index contributed by atoms with van der Waals surface area (Å²) in [5.74, 6) is 0.815. The lowest BCUT2D eigenvalue weighted by molar-refractivity contribution is 0.305. The molecular weight excluding hydrogens is 438 g/mol. The summed E-state index contributed by atoms with van der Waals surface area (Å²) >= 11 is 3.23. The van der Waals surface area contributed by atoms with Crippen molar-refractivity contribution < 1.29 is 8.42 Å². The minimum absolute atomic E-state index is 0.143. The molecule has 1 aliphatic carbocycles. The highest BCUT2D eigenvalue weighted by atomic mass is 79.9. The first-order valence-electron chi connectivity index (χ1n) is 9.90. The fourth-order valence-electron chi connectivity index (χ4n) is 3.79. The summed E-state index contributed by atoms with van der Waals surface area (Å²) in [5.41, 5.74) is 1.54. The Morgan fingerprint density at radius 1 is 1.14 bits per heavy atom. The van der Waals surface area contributed by atoms with Crippen LogP contribution in [0.15, 0.2) is 52.1 Å². The molecule has 1 heterocycles. The highest BCUT2D eigenvalue weighted by molar-refractivity contribution is 9.10. The molecule has 0 amide bonds. The van der Waals surface area contributed by atoms with E-state index in [0.717, 1.165) is 11.5 Å². The molecule has 0 bridgehead atoms. The van der Waals surface area contributed by atoms with E-state index in [1.807, 2.05) is 18.2 Å². The molecule has 0 saturated heterocycles. The van der Waals surface area contributed by atoms with Crippen molar-refractivity contribution in [1.29, 1.82) is 0 Å². The third kappa shape index (κ3) is 6.03. The third-order valence-corrected chi connectivity index (χ3v) is 7.14. The Hall–Kier alpha value is -1.44. The molecule has 1 aromatic carbocycles. The van der Waals surface area contributed by atoms with E-state index in [2.05, 4.69) is 37.9 Å². The lowest BCUT2D eigenvalue weighted by atomic mass is 9.85. The van der Waals surface area contributed by atoms with Crippen LogP contribution < -0.4 is 10.0 Å². The minimum atomic E-state index is -3.67. The van der Waals surface area contributed by atoms with Gasteiger partial charge >= 0.3 is 0 Å². The van der Waals surface area contributed by atoms with Gasteiger partial charge in [-0.1, -0.05) is 50.3 Å². The van der Waals surface area contributed by atoms with Crippen molar-refractivity contribution in [2.45, 2.75) is 62.9 Å². The van der Waals surface area contributed by atoms with Crippen LogP contribution in [0.4, 0.5) is 5.69 Å². The van der Waals surface area contributed by atoms with Crippen molar-refractivity contribution in [3.8, 4) is 0 Å². The summed E-state index contributed by atoms with van der Waals surface area (Å²) in [4.78, 5) is 4.15. The van der Waals surface area contributed by atoms with Crippen LogP contribution in [0.3, 0.4) is 0 Å². The summed E-state index contributed by atoms with van der Waals surface area (Å²) in [6, 6.07) is 11.1. The Morgan fingerprint density at radius 2 is 1.89 bits per heavy atom. The van der Waals surface area contributed by atoms with Crippen LogP contribution in [-0.4, -0.2) is 19.4 Å². The van der Waals surface area contributed by atoms with Crippen LogP contribution in [0.25, 0.3) is 0 Å². The second kappa shape index (κ2) is 9.85. The van der Waals surface area contributed by atoms with E-state index in [0.29, 0.717) is 22.9 Å². The number of rotatable bonds is 8. The van der Waals surface area contributed by atoms with Gasteiger partial charge in [-0.15, -0.1) is 0 Å². The number of halogens is 1. The zero-order valence-corrected chi connectivity index (χ0v) is 18.6. The zero-order chi connectivity index (χ0) is 20.0. The van der Waals surface area contributed by atoms with Gasteiger partial charge in [-0.2, -0.15) is 0 Å². The van der Waals surface area contributed by atoms with Gasteiger partial charge in [0.15, 0.2) is 0 Å². The molecular formula is C21H28BrN3O2S. The molecule has 7 heteroatoms. The van der Waals surface area contributed by atoms with E-state index >= 15 is 0 Å². The molecule has 152 valence electrons. The highest BCUT2D eigenvalue weighted by Gasteiger charge is 2.18. The fraction of sp³-hybridized carbons (Fsp3) is 0.476. The summed E-state index contributed by atoms with van der Waals surface area (Å²) in [6.07, 6.45) is 9.28. The Bertz CT molecular complexity index is 865. The Kier molecular flexibility index (Phi) is 7.48. The van der Waals surface area contributed by atoms with Gasteiger partial charge in [-0.25, -0.2) is 13.4 Å². The Morgan fingerprint density at radius 3 is 2.61 bits per heavy atom. The highest BCUT2D eigenvalue weighted by Crippen LogP contribution is 2.27. The van der Waals surface area contributed by atoms with E-state index in [9.17, 15) is 8.42 Å². The summed E-state index contributed by atoms with van der Waals surface area (Å²) in [6.45, 7) is 2.85. The number of nitrogens with zero attached hydrogens (tertiary/aromatic N) is 1. The largest absolute Gasteiger partial charge is 0.310 e. The molecule has 1 unspecified atom stereocenters. The number of hydrogen-bond donors (Lipinski definition) is 2. The van der Waals surface area contributed by atoms with Crippen molar-refractivity contribution in [2.24, 2.45) is 5.92 Å². The van der Waals surface area contributed by atoms with E-state index in [-0.39, 0.29) is 4.90 Å². The van der Waals surface area contributed by atoms with E-state index in [1.54, 1.807) is 12.1 Å².